The first-order chi connectivity index (χ1) is 8.84. The maximum atomic E-state index is 5.64. The van der Waals surface area contributed by atoms with Gasteiger partial charge in [0.1, 0.15) is 17.9 Å². The molecule has 0 radical (unpaired) electrons. The second-order valence-electron chi connectivity index (χ2n) is 4.09. The van der Waals surface area contributed by atoms with Gasteiger partial charge >= 0.3 is 0 Å². The van der Waals surface area contributed by atoms with E-state index >= 15 is 0 Å². The Bertz CT molecular complexity index is 561. The maximum absolute atomic E-state index is 5.64. The summed E-state index contributed by atoms with van der Waals surface area (Å²) < 4.78 is 6.51. The Morgan fingerprint density at radius 2 is 2.22 bits per heavy atom. The van der Waals surface area contributed by atoms with Crippen LogP contribution in [-0.2, 0) is 0 Å². The molecule has 1 aromatic carbocycles. The van der Waals surface area contributed by atoms with Crippen molar-refractivity contribution in [3.63, 3.8) is 0 Å². The van der Waals surface area contributed by atoms with Gasteiger partial charge in [-0.3, -0.25) is 0 Å². The average Bonchev–Trinajstić information content (AvgIpc) is 2.42. The van der Waals surface area contributed by atoms with Gasteiger partial charge in [-0.15, -0.1) is 0 Å². The zero-order valence-electron chi connectivity index (χ0n) is 9.64. The molecule has 1 aromatic heterocycles. The summed E-state index contributed by atoms with van der Waals surface area (Å²) in [4.78, 5) is 8.20. The van der Waals surface area contributed by atoms with Crippen molar-refractivity contribution in [1.82, 2.24) is 9.97 Å². The molecule has 0 saturated carbocycles. The van der Waals surface area contributed by atoms with E-state index in [-0.39, 0.29) is 6.04 Å². The second kappa shape index (κ2) is 4.94. The molecule has 0 fully saturated rings. The number of halogens is 1. The largest absolute Gasteiger partial charge is 0.493 e. The predicted octanol–water partition coefficient (Wildman–Crippen LogP) is 3.17. The normalized spacial score (nSPS) is 17.7. The zero-order chi connectivity index (χ0) is 12.4. The third kappa shape index (κ3) is 2.18. The molecule has 0 spiro atoms. The topological polar surface area (TPSA) is 47.0 Å². The summed E-state index contributed by atoms with van der Waals surface area (Å²) in [6, 6.07) is 8.32. The van der Waals surface area contributed by atoms with E-state index in [0.717, 1.165) is 29.1 Å². The van der Waals surface area contributed by atoms with Gasteiger partial charge in [-0.25, -0.2) is 9.97 Å². The third-order valence-electron chi connectivity index (χ3n) is 2.94. The summed E-state index contributed by atoms with van der Waals surface area (Å²) >= 11 is 3.44. The molecule has 0 amide bonds. The van der Waals surface area contributed by atoms with Crippen LogP contribution < -0.4 is 10.1 Å². The highest BCUT2D eigenvalue weighted by Gasteiger charge is 2.21. The summed E-state index contributed by atoms with van der Waals surface area (Å²) in [5, 5.41) is 3.43. The van der Waals surface area contributed by atoms with Gasteiger partial charge in [0, 0.05) is 18.2 Å². The quantitative estimate of drug-likeness (QED) is 0.926. The second-order valence-corrected chi connectivity index (χ2v) is 4.95. The molecule has 1 unspecified atom stereocenters. The van der Waals surface area contributed by atoms with Crippen LogP contribution in [0.1, 0.15) is 18.0 Å². The number of benzene rings is 1. The molecule has 0 bridgehead atoms. The van der Waals surface area contributed by atoms with Crippen molar-refractivity contribution in [1.29, 1.82) is 0 Å². The molecule has 2 aromatic rings. The third-order valence-corrected chi connectivity index (χ3v) is 3.52. The first-order valence-corrected chi connectivity index (χ1v) is 6.57. The number of hydrogen-bond acceptors (Lipinski definition) is 4. The molecule has 1 atom stereocenters. The highest BCUT2D eigenvalue weighted by Crippen LogP contribution is 2.34. The van der Waals surface area contributed by atoms with Crippen molar-refractivity contribution in [2.75, 3.05) is 11.9 Å². The standard InChI is InChI=1S/C13H12BrN3O/c14-10-7-15-8-16-13(10)17-11-5-6-18-12-4-2-1-3-9(11)12/h1-4,7-8,11H,5-6H2,(H,15,16,17). The van der Waals surface area contributed by atoms with Crippen LogP contribution in [0.4, 0.5) is 5.82 Å². The van der Waals surface area contributed by atoms with Crippen molar-refractivity contribution < 1.29 is 4.74 Å². The van der Waals surface area contributed by atoms with Crippen LogP contribution in [-0.4, -0.2) is 16.6 Å². The first kappa shape index (κ1) is 11.5. The van der Waals surface area contributed by atoms with E-state index in [4.69, 9.17) is 4.74 Å². The molecule has 18 heavy (non-hydrogen) atoms. The number of anilines is 1. The highest BCUT2D eigenvalue weighted by atomic mass is 79.9. The van der Waals surface area contributed by atoms with Gasteiger partial charge in [0.25, 0.3) is 0 Å². The van der Waals surface area contributed by atoms with E-state index in [1.807, 2.05) is 18.2 Å². The lowest BCUT2D eigenvalue weighted by molar-refractivity contribution is 0.274. The lowest BCUT2D eigenvalue weighted by atomic mass is 10.0. The number of ether oxygens (including phenoxy) is 1. The number of nitrogens with one attached hydrogen (secondary N) is 1. The van der Waals surface area contributed by atoms with Crippen LogP contribution in [0.5, 0.6) is 5.75 Å². The predicted molar refractivity (Wildman–Crippen MR) is 72.6 cm³/mol. The molecule has 1 aliphatic rings. The Kier molecular flexibility index (Phi) is 3.15. The monoisotopic (exact) mass is 305 g/mol. The number of rotatable bonds is 2. The van der Waals surface area contributed by atoms with Gasteiger partial charge in [-0.2, -0.15) is 0 Å². The number of nitrogens with zero attached hydrogens (tertiary/aromatic N) is 2. The fourth-order valence-corrected chi connectivity index (χ4v) is 2.41. The van der Waals surface area contributed by atoms with Crippen LogP contribution >= 0.6 is 15.9 Å². The van der Waals surface area contributed by atoms with E-state index in [1.54, 1.807) is 12.5 Å². The molecule has 4 nitrogen and oxygen atoms in total. The van der Waals surface area contributed by atoms with Crippen LogP contribution in [0.2, 0.25) is 0 Å². The van der Waals surface area contributed by atoms with Crippen molar-refractivity contribution >= 4 is 21.7 Å². The Balaban J connectivity index is 1.89. The van der Waals surface area contributed by atoms with Crippen molar-refractivity contribution in [3.8, 4) is 5.75 Å². The molecule has 2 heterocycles. The van der Waals surface area contributed by atoms with E-state index in [2.05, 4.69) is 37.3 Å². The smallest absolute Gasteiger partial charge is 0.144 e. The van der Waals surface area contributed by atoms with E-state index in [9.17, 15) is 0 Å². The summed E-state index contributed by atoms with van der Waals surface area (Å²) in [5.41, 5.74) is 1.18. The summed E-state index contributed by atoms with van der Waals surface area (Å²) in [7, 11) is 0. The molecule has 1 N–H and O–H groups in total. The Labute approximate surface area is 114 Å². The number of hydrogen-bond donors (Lipinski definition) is 1. The summed E-state index contributed by atoms with van der Waals surface area (Å²) in [6.07, 6.45) is 4.20. The fourth-order valence-electron chi connectivity index (χ4n) is 2.08. The fraction of sp³-hybridized carbons (Fsp3) is 0.231. The van der Waals surface area contributed by atoms with Gasteiger partial charge in [-0.05, 0) is 22.0 Å². The van der Waals surface area contributed by atoms with Gasteiger partial charge in [0.15, 0.2) is 0 Å². The average molecular weight is 306 g/mol. The highest BCUT2D eigenvalue weighted by molar-refractivity contribution is 9.10. The molecular weight excluding hydrogens is 294 g/mol. The molecule has 3 rings (SSSR count). The SMILES string of the molecule is Brc1cncnc1NC1CCOc2ccccc21. The lowest BCUT2D eigenvalue weighted by Crippen LogP contribution is -2.20. The van der Waals surface area contributed by atoms with Crippen LogP contribution in [0, 0.1) is 0 Å². The van der Waals surface area contributed by atoms with Crippen molar-refractivity contribution in [3.05, 3.63) is 46.8 Å². The Morgan fingerprint density at radius 1 is 1.33 bits per heavy atom. The van der Waals surface area contributed by atoms with E-state index in [1.165, 1.54) is 5.56 Å². The van der Waals surface area contributed by atoms with Gasteiger partial charge < -0.3 is 10.1 Å². The van der Waals surface area contributed by atoms with Crippen molar-refractivity contribution in [2.24, 2.45) is 0 Å². The Hall–Kier alpha value is -1.62. The van der Waals surface area contributed by atoms with Crippen molar-refractivity contribution in [2.45, 2.75) is 12.5 Å². The van der Waals surface area contributed by atoms with Crippen LogP contribution in [0.25, 0.3) is 0 Å². The minimum absolute atomic E-state index is 0.223. The number of aromatic nitrogens is 2. The zero-order valence-corrected chi connectivity index (χ0v) is 11.2. The number of fused-ring (bicyclic) bond motifs is 1. The maximum Gasteiger partial charge on any atom is 0.144 e. The minimum Gasteiger partial charge on any atom is -0.493 e. The van der Waals surface area contributed by atoms with E-state index in [0.29, 0.717) is 0 Å². The van der Waals surface area contributed by atoms with E-state index < -0.39 is 0 Å². The lowest BCUT2D eigenvalue weighted by Gasteiger charge is -2.27. The molecular formula is C13H12BrN3O. The summed E-state index contributed by atoms with van der Waals surface area (Å²) in [5.74, 6) is 1.76. The molecule has 0 aliphatic carbocycles. The molecule has 5 heteroatoms. The molecule has 0 saturated heterocycles. The van der Waals surface area contributed by atoms with Gasteiger partial charge in [0.2, 0.25) is 0 Å². The van der Waals surface area contributed by atoms with Crippen LogP contribution in [0.15, 0.2) is 41.3 Å². The van der Waals surface area contributed by atoms with Gasteiger partial charge in [0.05, 0.1) is 17.1 Å². The summed E-state index contributed by atoms with van der Waals surface area (Å²) in [6.45, 7) is 0.720. The molecule has 92 valence electrons. The van der Waals surface area contributed by atoms with Crippen LogP contribution in [0.3, 0.4) is 0 Å². The Morgan fingerprint density at radius 3 is 3.11 bits per heavy atom. The number of para-hydroxylation sites is 1. The molecule has 1 aliphatic heterocycles. The first-order valence-electron chi connectivity index (χ1n) is 5.78. The van der Waals surface area contributed by atoms with Gasteiger partial charge in [-0.1, -0.05) is 18.2 Å². The minimum atomic E-state index is 0.223.